The van der Waals surface area contributed by atoms with E-state index in [1.807, 2.05) is 77.4 Å². The highest BCUT2D eigenvalue weighted by molar-refractivity contribution is 7.99. The van der Waals surface area contributed by atoms with Gasteiger partial charge in [-0.2, -0.15) is 4.98 Å². The number of hydrogen-bond donors (Lipinski definition) is 0. The quantitative estimate of drug-likeness (QED) is 0.227. The number of aromatic nitrogens is 5. The SMILES string of the molecule is C=CCn1c(S[C@@H](c2ccccc2)c2nc(-c3ccccc3)no2)nnc1-c1ccco1. The molecule has 0 saturated carbocycles. The van der Waals surface area contributed by atoms with E-state index in [1.54, 1.807) is 12.3 Å². The fourth-order valence-corrected chi connectivity index (χ4v) is 4.37. The van der Waals surface area contributed by atoms with E-state index in [2.05, 4.69) is 21.9 Å². The lowest BCUT2D eigenvalue weighted by molar-refractivity contribution is 0.384. The van der Waals surface area contributed by atoms with Gasteiger partial charge in [-0.15, -0.1) is 16.8 Å². The van der Waals surface area contributed by atoms with Gasteiger partial charge < -0.3 is 8.94 Å². The van der Waals surface area contributed by atoms with E-state index in [-0.39, 0.29) is 5.25 Å². The third-order valence-electron chi connectivity index (χ3n) is 4.79. The second kappa shape index (κ2) is 9.07. The molecule has 0 spiro atoms. The summed E-state index contributed by atoms with van der Waals surface area (Å²) in [6.07, 6.45) is 3.42. The minimum atomic E-state index is -0.265. The minimum absolute atomic E-state index is 0.265. The summed E-state index contributed by atoms with van der Waals surface area (Å²) in [7, 11) is 0. The van der Waals surface area contributed by atoms with E-state index in [9.17, 15) is 0 Å². The third-order valence-corrected chi connectivity index (χ3v) is 6.02. The number of rotatable bonds is 8. The summed E-state index contributed by atoms with van der Waals surface area (Å²) in [6, 6.07) is 23.5. The Morgan fingerprint density at radius 3 is 2.47 bits per heavy atom. The van der Waals surface area contributed by atoms with Crippen molar-refractivity contribution < 1.29 is 8.94 Å². The molecule has 0 aliphatic carbocycles. The van der Waals surface area contributed by atoms with Crippen LogP contribution in [-0.2, 0) is 6.54 Å². The van der Waals surface area contributed by atoms with Gasteiger partial charge in [0.05, 0.1) is 6.26 Å². The van der Waals surface area contributed by atoms with E-state index >= 15 is 0 Å². The van der Waals surface area contributed by atoms with Crippen LogP contribution in [0.15, 0.2) is 106 Å². The number of furan rings is 1. The molecular weight excluding hydrogens is 422 g/mol. The molecule has 0 aliphatic heterocycles. The summed E-state index contributed by atoms with van der Waals surface area (Å²) in [4.78, 5) is 4.69. The van der Waals surface area contributed by atoms with E-state index in [1.165, 1.54) is 11.8 Å². The summed E-state index contributed by atoms with van der Waals surface area (Å²) in [5.74, 6) is 2.32. The monoisotopic (exact) mass is 441 g/mol. The molecule has 32 heavy (non-hydrogen) atoms. The Kier molecular flexibility index (Phi) is 5.67. The van der Waals surface area contributed by atoms with E-state index in [0.29, 0.717) is 35.0 Å². The number of nitrogens with zero attached hydrogens (tertiary/aromatic N) is 5. The van der Waals surface area contributed by atoms with E-state index < -0.39 is 0 Å². The Hall–Kier alpha value is -3.91. The summed E-state index contributed by atoms with van der Waals surface area (Å²) < 4.78 is 13.2. The van der Waals surface area contributed by atoms with Crippen LogP contribution in [0.2, 0.25) is 0 Å². The highest BCUT2D eigenvalue weighted by Gasteiger charge is 2.27. The fourth-order valence-electron chi connectivity index (χ4n) is 3.30. The average Bonchev–Trinajstić information content (AvgIpc) is 3.60. The van der Waals surface area contributed by atoms with Gasteiger partial charge in [0.25, 0.3) is 0 Å². The maximum Gasteiger partial charge on any atom is 0.245 e. The van der Waals surface area contributed by atoms with Crippen LogP contribution < -0.4 is 0 Å². The van der Waals surface area contributed by atoms with Crippen molar-refractivity contribution in [3.63, 3.8) is 0 Å². The van der Waals surface area contributed by atoms with Crippen LogP contribution >= 0.6 is 11.8 Å². The Labute approximate surface area is 188 Å². The largest absolute Gasteiger partial charge is 0.461 e. The van der Waals surface area contributed by atoms with Crippen molar-refractivity contribution in [2.75, 3.05) is 0 Å². The van der Waals surface area contributed by atoms with Crippen molar-refractivity contribution in [2.24, 2.45) is 0 Å². The van der Waals surface area contributed by atoms with Crippen LogP contribution in [-0.4, -0.2) is 24.9 Å². The summed E-state index contributed by atoms with van der Waals surface area (Å²) in [6.45, 7) is 4.41. The zero-order valence-electron chi connectivity index (χ0n) is 17.0. The van der Waals surface area contributed by atoms with Gasteiger partial charge in [0.1, 0.15) is 5.25 Å². The average molecular weight is 442 g/mol. The molecular formula is C24H19N5O2S. The maximum absolute atomic E-state index is 5.71. The van der Waals surface area contributed by atoms with Crippen LogP contribution in [0.25, 0.3) is 23.0 Å². The Balaban J connectivity index is 1.54. The smallest absolute Gasteiger partial charge is 0.245 e. The van der Waals surface area contributed by atoms with Gasteiger partial charge in [0.15, 0.2) is 10.9 Å². The first-order valence-corrected chi connectivity index (χ1v) is 10.9. The van der Waals surface area contributed by atoms with Crippen molar-refractivity contribution in [3.05, 3.63) is 103 Å². The van der Waals surface area contributed by atoms with E-state index in [0.717, 1.165) is 11.1 Å². The molecule has 0 bridgehead atoms. The van der Waals surface area contributed by atoms with Gasteiger partial charge in [0.2, 0.25) is 17.5 Å². The lowest BCUT2D eigenvalue weighted by atomic mass is 10.1. The standard InChI is InChI=1S/C24H19N5O2S/c1-2-15-29-22(19-14-9-16-30-19)26-27-24(29)32-20(17-10-5-3-6-11-17)23-25-21(28-31-23)18-12-7-4-8-13-18/h2-14,16,20H,1,15H2/t20-/m0/s1. The molecule has 158 valence electrons. The molecule has 8 heteroatoms. The normalized spacial score (nSPS) is 12.0. The molecule has 0 aliphatic rings. The predicted octanol–water partition coefficient (Wildman–Crippen LogP) is 5.66. The van der Waals surface area contributed by atoms with Crippen molar-refractivity contribution in [2.45, 2.75) is 17.0 Å². The van der Waals surface area contributed by atoms with Crippen molar-refractivity contribution in [3.8, 4) is 23.0 Å². The van der Waals surface area contributed by atoms with E-state index in [4.69, 9.17) is 13.9 Å². The third kappa shape index (κ3) is 4.00. The lowest BCUT2D eigenvalue weighted by Crippen LogP contribution is -2.03. The van der Waals surface area contributed by atoms with Crippen molar-refractivity contribution >= 4 is 11.8 Å². The molecule has 0 unspecified atom stereocenters. The predicted molar refractivity (Wildman–Crippen MR) is 122 cm³/mol. The molecule has 0 radical (unpaired) electrons. The fraction of sp³-hybridized carbons (Fsp3) is 0.0833. The first-order chi connectivity index (χ1) is 15.8. The molecule has 1 atom stereocenters. The molecule has 0 fully saturated rings. The number of thioether (sulfide) groups is 1. The van der Waals surface area contributed by atoms with Crippen LogP contribution in [0.5, 0.6) is 0 Å². The molecule has 3 aromatic heterocycles. The molecule has 5 aromatic rings. The minimum Gasteiger partial charge on any atom is -0.461 e. The van der Waals surface area contributed by atoms with Crippen LogP contribution in [0.3, 0.4) is 0 Å². The molecule has 7 nitrogen and oxygen atoms in total. The van der Waals surface area contributed by atoms with Gasteiger partial charge >= 0.3 is 0 Å². The molecule has 5 rings (SSSR count). The molecule has 0 saturated heterocycles. The number of allylic oxidation sites excluding steroid dienone is 1. The molecule has 2 aromatic carbocycles. The Morgan fingerprint density at radius 2 is 1.75 bits per heavy atom. The summed E-state index contributed by atoms with van der Waals surface area (Å²) in [5.41, 5.74) is 1.92. The Morgan fingerprint density at radius 1 is 0.969 bits per heavy atom. The topological polar surface area (TPSA) is 82.8 Å². The van der Waals surface area contributed by atoms with Gasteiger partial charge in [0, 0.05) is 12.1 Å². The molecule has 3 heterocycles. The van der Waals surface area contributed by atoms with Gasteiger partial charge in [-0.05, 0) is 17.7 Å². The Bertz CT molecular complexity index is 1300. The number of benzene rings is 2. The maximum atomic E-state index is 5.71. The second-order valence-corrected chi connectivity index (χ2v) is 7.99. The molecule has 0 N–H and O–H groups in total. The highest BCUT2D eigenvalue weighted by atomic mass is 32.2. The summed E-state index contributed by atoms with van der Waals surface area (Å²) in [5, 5.41) is 13.4. The van der Waals surface area contributed by atoms with Crippen molar-refractivity contribution in [1.29, 1.82) is 0 Å². The van der Waals surface area contributed by atoms with Gasteiger partial charge in [-0.25, -0.2) is 0 Å². The van der Waals surface area contributed by atoms with Crippen LogP contribution in [0.1, 0.15) is 16.7 Å². The number of hydrogen-bond acceptors (Lipinski definition) is 7. The zero-order valence-corrected chi connectivity index (χ0v) is 17.9. The van der Waals surface area contributed by atoms with Crippen molar-refractivity contribution in [1.82, 2.24) is 24.9 Å². The first kappa shape index (κ1) is 20.0. The molecule has 0 amide bonds. The highest BCUT2D eigenvalue weighted by Crippen LogP contribution is 2.40. The second-order valence-electron chi connectivity index (χ2n) is 6.91. The van der Waals surface area contributed by atoms with Crippen LogP contribution in [0.4, 0.5) is 0 Å². The summed E-state index contributed by atoms with van der Waals surface area (Å²) >= 11 is 1.49. The zero-order chi connectivity index (χ0) is 21.8. The first-order valence-electron chi connectivity index (χ1n) is 10.0. The lowest BCUT2D eigenvalue weighted by Gasteiger charge is -2.13. The van der Waals surface area contributed by atoms with Crippen LogP contribution in [0, 0.1) is 0 Å². The van der Waals surface area contributed by atoms with Gasteiger partial charge in [-0.1, -0.05) is 83.7 Å². The van der Waals surface area contributed by atoms with Gasteiger partial charge in [-0.3, -0.25) is 4.57 Å².